The second-order valence-corrected chi connectivity index (χ2v) is 7.98. The molecule has 0 atom stereocenters. The smallest absolute Gasteiger partial charge is 0.293 e. The zero-order chi connectivity index (χ0) is 22.2. The average molecular weight is 442 g/mol. The van der Waals surface area contributed by atoms with Crippen molar-refractivity contribution in [3.05, 3.63) is 83.6 Å². The molecule has 0 aliphatic heterocycles. The minimum absolute atomic E-state index is 0.170. The normalized spacial score (nSPS) is 11.1. The molecule has 0 unspecified atom stereocenters. The van der Waals surface area contributed by atoms with Gasteiger partial charge in [-0.15, -0.1) is 0 Å². The lowest BCUT2D eigenvalue weighted by Crippen LogP contribution is -2.34. The monoisotopic (exact) mass is 441 g/mol. The van der Waals surface area contributed by atoms with Crippen molar-refractivity contribution < 1.29 is 13.6 Å². The molecule has 0 radical (unpaired) electrons. The van der Waals surface area contributed by atoms with Gasteiger partial charge in [-0.05, 0) is 73.6 Å². The van der Waals surface area contributed by atoms with Crippen LogP contribution in [0.3, 0.4) is 0 Å². The Morgan fingerprint density at radius 1 is 0.938 bits per heavy atom. The molecule has 2 heterocycles. The number of amides is 1. The second-order valence-electron chi connectivity index (χ2n) is 7.58. The molecule has 158 valence electrons. The van der Waals surface area contributed by atoms with E-state index in [2.05, 4.69) is 15.6 Å². The molecule has 0 saturated heterocycles. The van der Waals surface area contributed by atoms with Crippen molar-refractivity contribution in [2.24, 2.45) is 0 Å². The number of hydrogen-bond acceptors (Lipinski definition) is 5. The average Bonchev–Trinajstić information content (AvgIpc) is 3.39. The Hall–Kier alpha value is -3.97. The van der Waals surface area contributed by atoms with Gasteiger partial charge in [-0.3, -0.25) is 10.1 Å². The maximum Gasteiger partial charge on any atom is 0.293 e. The molecule has 0 spiro atoms. The fraction of sp³-hybridized carbons (Fsp3) is 0.0800. The summed E-state index contributed by atoms with van der Waals surface area (Å²) in [4.78, 5) is 17.1. The first-order valence-corrected chi connectivity index (χ1v) is 10.5. The number of oxazole rings is 1. The summed E-state index contributed by atoms with van der Waals surface area (Å²) < 4.78 is 11.5. The van der Waals surface area contributed by atoms with Crippen LogP contribution >= 0.6 is 12.2 Å². The van der Waals surface area contributed by atoms with Gasteiger partial charge in [-0.1, -0.05) is 30.3 Å². The third-order valence-electron chi connectivity index (χ3n) is 5.15. The highest BCUT2D eigenvalue weighted by Crippen LogP contribution is 2.28. The van der Waals surface area contributed by atoms with Crippen molar-refractivity contribution in [3.8, 4) is 11.5 Å². The molecular weight excluding hydrogens is 422 g/mol. The number of hydrogen-bond donors (Lipinski definition) is 2. The predicted molar refractivity (Wildman–Crippen MR) is 129 cm³/mol. The van der Waals surface area contributed by atoms with E-state index in [-0.39, 0.29) is 10.9 Å². The van der Waals surface area contributed by atoms with Crippen molar-refractivity contribution in [1.29, 1.82) is 0 Å². The number of thiocarbonyl (C=S) groups is 1. The first kappa shape index (κ1) is 20.0. The lowest BCUT2D eigenvalue weighted by Gasteiger charge is -2.12. The predicted octanol–water partition coefficient (Wildman–Crippen LogP) is 5.98. The third kappa shape index (κ3) is 3.86. The number of aryl methyl sites for hydroxylation is 2. The zero-order valence-electron chi connectivity index (χ0n) is 17.4. The summed E-state index contributed by atoms with van der Waals surface area (Å²) in [5.74, 6) is 0.301. The van der Waals surface area contributed by atoms with E-state index in [0.29, 0.717) is 11.5 Å². The van der Waals surface area contributed by atoms with E-state index >= 15 is 0 Å². The molecule has 0 bridgehead atoms. The highest BCUT2D eigenvalue weighted by Gasteiger charge is 2.15. The Labute approximate surface area is 189 Å². The number of fused-ring (bicyclic) bond motifs is 2. The van der Waals surface area contributed by atoms with E-state index in [9.17, 15) is 4.79 Å². The molecule has 0 aliphatic carbocycles. The van der Waals surface area contributed by atoms with Gasteiger partial charge in [-0.2, -0.15) is 0 Å². The standard InChI is InChI=1S/C25H19N3O3S/c1-14-7-10-18-21(11-14)31-24(26-18)17-9-8-15(2)19(12-17)27-25(32)28-23(29)22-13-16-5-3-4-6-20(16)30-22/h3-13H,1-2H3,(H2,27,28,29,32). The molecule has 0 saturated carbocycles. The number of nitrogens with zero attached hydrogens (tertiary/aromatic N) is 1. The van der Waals surface area contributed by atoms with Gasteiger partial charge in [0.25, 0.3) is 5.91 Å². The maximum atomic E-state index is 12.6. The van der Waals surface area contributed by atoms with Crippen molar-refractivity contribution in [1.82, 2.24) is 10.3 Å². The van der Waals surface area contributed by atoms with Crippen LogP contribution in [0.1, 0.15) is 21.7 Å². The lowest BCUT2D eigenvalue weighted by atomic mass is 10.1. The molecule has 0 fully saturated rings. The van der Waals surface area contributed by atoms with E-state index in [1.165, 1.54) is 0 Å². The summed E-state index contributed by atoms with van der Waals surface area (Å²) in [5, 5.41) is 6.78. The molecule has 32 heavy (non-hydrogen) atoms. The first-order chi connectivity index (χ1) is 15.5. The van der Waals surface area contributed by atoms with E-state index in [1.54, 1.807) is 6.07 Å². The Morgan fingerprint density at radius 2 is 1.78 bits per heavy atom. The van der Waals surface area contributed by atoms with Crippen molar-refractivity contribution in [2.45, 2.75) is 13.8 Å². The van der Waals surface area contributed by atoms with Crippen LogP contribution in [0.4, 0.5) is 5.69 Å². The number of carbonyl (C=O) groups excluding carboxylic acids is 1. The summed E-state index contributed by atoms with van der Waals surface area (Å²) in [6, 6.07) is 20.8. The Balaban J connectivity index is 1.35. The number of carbonyl (C=O) groups is 1. The van der Waals surface area contributed by atoms with E-state index in [1.807, 2.05) is 74.5 Å². The van der Waals surface area contributed by atoms with Gasteiger partial charge in [0, 0.05) is 16.6 Å². The van der Waals surface area contributed by atoms with E-state index in [0.717, 1.165) is 38.9 Å². The number of rotatable bonds is 3. The Morgan fingerprint density at radius 3 is 2.62 bits per heavy atom. The van der Waals surface area contributed by atoms with Crippen LogP contribution in [-0.4, -0.2) is 16.0 Å². The van der Waals surface area contributed by atoms with E-state index < -0.39 is 5.91 Å². The number of aromatic nitrogens is 1. The van der Waals surface area contributed by atoms with Crippen molar-refractivity contribution >= 4 is 51.0 Å². The van der Waals surface area contributed by atoms with Crippen LogP contribution in [0, 0.1) is 13.8 Å². The summed E-state index contributed by atoms with van der Waals surface area (Å²) >= 11 is 5.36. The van der Waals surface area contributed by atoms with Crippen LogP contribution in [-0.2, 0) is 0 Å². The summed E-state index contributed by atoms with van der Waals surface area (Å²) in [6.07, 6.45) is 0. The first-order valence-electron chi connectivity index (χ1n) is 10.1. The number of furan rings is 1. The Bertz CT molecular complexity index is 1470. The summed E-state index contributed by atoms with van der Waals surface area (Å²) in [6.45, 7) is 3.96. The topological polar surface area (TPSA) is 80.3 Å². The quantitative estimate of drug-likeness (QED) is 0.335. The molecule has 3 aromatic carbocycles. The molecule has 7 heteroatoms. The number of benzene rings is 3. The van der Waals surface area contributed by atoms with Gasteiger partial charge in [0.05, 0.1) is 0 Å². The fourth-order valence-corrected chi connectivity index (χ4v) is 3.66. The molecule has 2 N–H and O–H groups in total. The SMILES string of the molecule is Cc1ccc2nc(-c3ccc(C)c(NC(=S)NC(=O)c4cc5ccccc5o4)c3)oc2c1. The van der Waals surface area contributed by atoms with Crippen LogP contribution in [0.15, 0.2) is 75.6 Å². The summed E-state index contributed by atoms with van der Waals surface area (Å²) in [5.41, 5.74) is 5.80. The fourth-order valence-electron chi connectivity index (χ4n) is 3.46. The van der Waals surface area contributed by atoms with Crippen LogP contribution in [0.5, 0.6) is 0 Å². The van der Waals surface area contributed by atoms with Gasteiger partial charge >= 0.3 is 0 Å². The minimum Gasteiger partial charge on any atom is -0.451 e. The molecule has 0 aliphatic rings. The van der Waals surface area contributed by atoms with Crippen LogP contribution < -0.4 is 10.6 Å². The van der Waals surface area contributed by atoms with Crippen LogP contribution in [0.2, 0.25) is 0 Å². The molecule has 5 aromatic rings. The van der Waals surface area contributed by atoms with Gasteiger partial charge < -0.3 is 14.2 Å². The second kappa shape index (κ2) is 7.94. The largest absolute Gasteiger partial charge is 0.451 e. The van der Waals surface area contributed by atoms with Gasteiger partial charge in [0.15, 0.2) is 16.5 Å². The van der Waals surface area contributed by atoms with Crippen molar-refractivity contribution in [2.75, 3.05) is 5.32 Å². The summed E-state index contributed by atoms with van der Waals surface area (Å²) in [7, 11) is 0. The highest BCUT2D eigenvalue weighted by atomic mass is 32.1. The van der Waals surface area contributed by atoms with Crippen molar-refractivity contribution in [3.63, 3.8) is 0 Å². The molecule has 1 amide bonds. The lowest BCUT2D eigenvalue weighted by molar-refractivity contribution is 0.0953. The molecule has 5 rings (SSSR count). The molecule has 6 nitrogen and oxygen atoms in total. The zero-order valence-corrected chi connectivity index (χ0v) is 18.2. The number of nitrogens with one attached hydrogen (secondary N) is 2. The number of para-hydroxylation sites is 1. The maximum absolute atomic E-state index is 12.6. The minimum atomic E-state index is -0.415. The van der Waals surface area contributed by atoms with E-state index in [4.69, 9.17) is 21.1 Å². The third-order valence-corrected chi connectivity index (χ3v) is 5.36. The highest BCUT2D eigenvalue weighted by molar-refractivity contribution is 7.80. The van der Waals surface area contributed by atoms with Gasteiger partial charge in [0.2, 0.25) is 5.89 Å². The van der Waals surface area contributed by atoms with Gasteiger partial charge in [-0.25, -0.2) is 4.98 Å². The number of anilines is 1. The molecular formula is C25H19N3O3S. The molecule has 2 aromatic heterocycles. The van der Waals surface area contributed by atoms with Gasteiger partial charge in [0.1, 0.15) is 11.1 Å². The van der Waals surface area contributed by atoms with Crippen LogP contribution in [0.25, 0.3) is 33.5 Å². The Kier molecular flexibility index (Phi) is 4.95.